The van der Waals surface area contributed by atoms with E-state index in [-0.39, 0.29) is 28.5 Å². The number of aromatic amines is 2. The van der Waals surface area contributed by atoms with Crippen molar-refractivity contribution in [3.05, 3.63) is 38.8 Å². The Balaban J connectivity index is 2.17. The van der Waals surface area contributed by atoms with Gasteiger partial charge in [-0.2, -0.15) is 0 Å². The lowest BCUT2D eigenvalue weighted by Gasteiger charge is -2.04. The molecule has 0 aliphatic heterocycles. The highest BCUT2D eigenvalue weighted by Crippen LogP contribution is 2.16. The molecular formula is C13H10N4O5. The number of nitrogens with one attached hydrogen (secondary N) is 2. The van der Waals surface area contributed by atoms with Gasteiger partial charge in [0.25, 0.3) is 5.56 Å². The maximum Gasteiger partial charge on any atom is 0.343 e. The fraction of sp³-hybridized carbons (Fsp3) is 0.154. The Bertz CT molecular complexity index is 991. The largest absolute Gasteiger partial charge is 0.482 e. The van der Waals surface area contributed by atoms with Gasteiger partial charge in [0.05, 0.1) is 12.6 Å². The highest BCUT2D eigenvalue weighted by Gasteiger charge is 2.10. The Morgan fingerprint density at radius 2 is 2.14 bits per heavy atom. The van der Waals surface area contributed by atoms with Gasteiger partial charge in [-0.3, -0.25) is 14.7 Å². The van der Waals surface area contributed by atoms with Crippen LogP contribution in [0.5, 0.6) is 5.75 Å². The number of ether oxygens (including phenoxy) is 2. The Labute approximate surface area is 121 Å². The molecule has 0 saturated carbocycles. The number of nitrogens with zero attached hydrogens (tertiary/aromatic N) is 2. The summed E-state index contributed by atoms with van der Waals surface area (Å²) in [5.74, 6) is -0.228. The van der Waals surface area contributed by atoms with Crippen LogP contribution in [0.15, 0.2) is 27.8 Å². The molecule has 0 aliphatic carbocycles. The topological polar surface area (TPSA) is 127 Å². The number of aromatic nitrogens is 4. The van der Waals surface area contributed by atoms with Crippen LogP contribution in [0, 0.1) is 0 Å². The van der Waals surface area contributed by atoms with Crippen molar-refractivity contribution in [3.8, 4) is 5.75 Å². The number of benzene rings is 1. The number of carbonyl (C=O) groups excluding carboxylic acids is 1. The second kappa shape index (κ2) is 5.28. The third-order valence-corrected chi connectivity index (χ3v) is 3.06. The SMILES string of the molecule is COC(=O)COc1ccc2c(=O)c3[nH]nnc3c(=O)[nH]c2c1. The van der Waals surface area contributed by atoms with E-state index < -0.39 is 17.0 Å². The minimum absolute atomic E-state index is 0.0273. The minimum atomic E-state index is -0.555. The first kappa shape index (κ1) is 13.7. The molecule has 0 bridgehead atoms. The summed E-state index contributed by atoms with van der Waals surface area (Å²) in [6.07, 6.45) is 0. The van der Waals surface area contributed by atoms with E-state index in [4.69, 9.17) is 4.74 Å². The molecule has 0 aliphatic rings. The van der Waals surface area contributed by atoms with E-state index in [9.17, 15) is 14.4 Å². The van der Waals surface area contributed by atoms with Crippen molar-refractivity contribution in [2.45, 2.75) is 0 Å². The van der Waals surface area contributed by atoms with Crippen molar-refractivity contribution >= 4 is 27.9 Å². The van der Waals surface area contributed by atoms with Gasteiger partial charge in [-0.1, -0.05) is 5.21 Å². The molecular weight excluding hydrogens is 292 g/mol. The first-order valence-electron chi connectivity index (χ1n) is 6.21. The van der Waals surface area contributed by atoms with Gasteiger partial charge in [0.15, 0.2) is 12.1 Å². The van der Waals surface area contributed by atoms with Crippen molar-refractivity contribution in [2.75, 3.05) is 13.7 Å². The maximum absolute atomic E-state index is 12.3. The summed E-state index contributed by atoms with van der Waals surface area (Å²) >= 11 is 0. The van der Waals surface area contributed by atoms with E-state index in [0.29, 0.717) is 5.75 Å². The molecule has 0 fully saturated rings. The standard InChI is InChI=1S/C13H10N4O5/c1-21-9(18)5-22-6-2-3-7-8(4-6)14-13(20)11-10(12(7)19)15-17-16-11/h2-4H,5H2,1H3,(H,14,20)(H,15,16,17). The number of esters is 1. The van der Waals surface area contributed by atoms with E-state index in [1.807, 2.05) is 0 Å². The van der Waals surface area contributed by atoms with E-state index in [1.165, 1.54) is 25.3 Å². The average Bonchev–Trinajstić information content (AvgIpc) is 2.98. The van der Waals surface area contributed by atoms with E-state index in [1.54, 1.807) is 0 Å². The van der Waals surface area contributed by atoms with Gasteiger partial charge < -0.3 is 14.5 Å². The number of rotatable bonds is 3. The van der Waals surface area contributed by atoms with Crippen molar-refractivity contribution in [3.63, 3.8) is 0 Å². The van der Waals surface area contributed by atoms with Crippen LogP contribution in [0.2, 0.25) is 0 Å². The number of hydrogen-bond donors (Lipinski definition) is 2. The van der Waals surface area contributed by atoms with E-state index in [2.05, 4.69) is 25.1 Å². The zero-order chi connectivity index (χ0) is 15.7. The zero-order valence-electron chi connectivity index (χ0n) is 11.4. The Kier molecular flexibility index (Phi) is 3.30. The summed E-state index contributed by atoms with van der Waals surface area (Å²) in [6, 6.07) is 4.45. The molecule has 1 aromatic carbocycles. The number of H-pyrrole nitrogens is 2. The van der Waals surface area contributed by atoms with Crippen LogP contribution in [0.3, 0.4) is 0 Å². The smallest absolute Gasteiger partial charge is 0.343 e. The lowest BCUT2D eigenvalue weighted by Crippen LogP contribution is -2.12. The van der Waals surface area contributed by atoms with Gasteiger partial charge in [-0.15, -0.1) is 5.10 Å². The normalized spacial score (nSPS) is 10.8. The molecule has 0 atom stereocenters. The van der Waals surface area contributed by atoms with Crippen LogP contribution < -0.4 is 15.7 Å². The molecule has 0 spiro atoms. The summed E-state index contributed by atoms with van der Waals surface area (Å²) in [4.78, 5) is 38.0. The summed E-state index contributed by atoms with van der Waals surface area (Å²) in [5, 5.41) is 9.74. The molecule has 3 rings (SSSR count). The van der Waals surface area contributed by atoms with Gasteiger partial charge in [0.1, 0.15) is 11.3 Å². The fourth-order valence-corrected chi connectivity index (χ4v) is 1.98. The first-order chi connectivity index (χ1) is 10.6. The number of fused-ring (bicyclic) bond motifs is 2. The Hall–Kier alpha value is -3.23. The molecule has 3 aromatic rings. The predicted molar refractivity (Wildman–Crippen MR) is 75.8 cm³/mol. The van der Waals surface area contributed by atoms with Crippen molar-refractivity contribution in [2.24, 2.45) is 0 Å². The summed E-state index contributed by atoms with van der Waals surface area (Å²) in [7, 11) is 1.25. The summed E-state index contributed by atoms with van der Waals surface area (Å²) < 4.78 is 9.69. The molecule has 0 radical (unpaired) electrons. The molecule has 2 aromatic heterocycles. The Morgan fingerprint density at radius 1 is 1.32 bits per heavy atom. The molecule has 112 valence electrons. The predicted octanol–water partition coefficient (Wildman–Crippen LogP) is -0.289. The van der Waals surface area contributed by atoms with E-state index >= 15 is 0 Å². The maximum atomic E-state index is 12.3. The molecule has 0 saturated heterocycles. The third kappa shape index (κ3) is 2.28. The third-order valence-electron chi connectivity index (χ3n) is 3.06. The molecule has 0 unspecified atom stereocenters. The van der Waals surface area contributed by atoms with Crippen molar-refractivity contribution in [1.82, 2.24) is 20.4 Å². The van der Waals surface area contributed by atoms with Gasteiger partial charge in [-0.25, -0.2) is 4.79 Å². The minimum Gasteiger partial charge on any atom is -0.482 e. The molecule has 0 amide bonds. The molecule has 2 heterocycles. The first-order valence-corrected chi connectivity index (χ1v) is 6.21. The monoisotopic (exact) mass is 302 g/mol. The summed E-state index contributed by atoms with van der Waals surface area (Å²) in [5.41, 5.74) is -0.740. The van der Waals surface area contributed by atoms with Crippen molar-refractivity contribution in [1.29, 1.82) is 0 Å². The Morgan fingerprint density at radius 3 is 2.91 bits per heavy atom. The van der Waals surface area contributed by atoms with E-state index in [0.717, 1.165) is 0 Å². The average molecular weight is 302 g/mol. The van der Waals surface area contributed by atoms with Gasteiger partial charge in [-0.05, 0) is 12.1 Å². The van der Waals surface area contributed by atoms with Crippen molar-refractivity contribution < 1.29 is 14.3 Å². The number of carbonyl (C=O) groups is 1. The van der Waals surface area contributed by atoms with Gasteiger partial charge >= 0.3 is 5.97 Å². The van der Waals surface area contributed by atoms with Gasteiger partial charge in [0.2, 0.25) is 5.43 Å². The summed E-state index contributed by atoms with van der Waals surface area (Å²) in [6.45, 7) is -0.276. The highest BCUT2D eigenvalue weighted by molar-refractivity contribution is 5.87. The highest BCUT2D eigenvalue weighted by atomic mass is 16.6. The second-order valence-electron chi connectivity index (χ2n) is 4.39. The van der Waals surface area contributed by atoms with Crippen LogP contribution >= 0.6 is 0 Å². The van der Waals surface area contributed by atoms with Gasteiger partial charge in [0, 0.05) is 11.5 Å². The number of hydrogen-bond acceptors (Lipinski definition) is 7. The lowest BCUT2D eigenvalue weighted by atomic mass is 10.2. The van der Waals surface area contributed by atoms with Crippen LogP contribution in [0.25, 0.3) is 21.9 Å². The zero-order valence-corrected chi connectivity index (χ0v) is 11.4. The molecule has 9 heteroatoms. The van der Waals surface area contributed by atoms with Crippen LogP contribution in [0.4, 0.5) is 0 Å². The van der Waals surface area contributed by atoms with Crippen LogP contribution in [0.1, 0.15) is 0 Å². The molecule has 2 N–H and O–H groups in total. The fourth-order valence-electron chi connectivity index (χ4n) is 1.98. The quantitative estimate of drug-likeness (QED) is 0.636. The number of methoxy groups -OCH3 is 1. The lowest BCUT2D eigenvalue weighted by molar-refractivity contribution is -0.142. The molecule has 22 heavy (non-hydrogen) atoms. The van der Waals surface area contributed by atoms with Crippen LogP contribution in [-0.2, 0) is 9.53 Å². The molecule has 9 nitrogen and oxygen atoms in total. The van der Waals surface area contributed by atoms with Crippen LogP contribution in [-0.4, -0.2) is 40.1 Å². The second-order valence-corrected chi connectivity index (χ2v) is 4.39.